The Hall–Kier alpha value is -2.24. The number of carbonyl (C=O) groups is 2. The van der Waals surface area contributed by atoms with Gasteiger partial charge in [0.2, 0.25) is 5.91 Å². The van der Waals surface area contributed by atoms with Crippen molar-refractivity contribution < 1.29 is 19.1 Å². The first-order valence-corrected chi connectivity index (χ1v) is 8.88. The molecule has 0 aliphatic carbocycles. The van der Waals surface area contributed by atoms with Crippen LogP contribution in [-0.4, -0.2) is 50.1 Å². The Morgan fingerprint density at radius 3 is 2.60 bits per heavy atom. The monoisotopic (exact) mass is 348 g/mol. The molecule has 1 aliphatic rings. The van der Waals surface area contributed by atoms with Crippen molar-refractivity contribution in [2.45, 2.75) is 33.1 Å². The summed E-state index contributed by atoms with van der Waals surface area (Å²) in [5, 5.41) is 2.93. The lowest BCUT2D eigenvalue weighted by Crippen LogP contribution is -2.44. The number of hydrogen-bond donors (Lipinski definition) is 1. The van der Waals surface area contributed by atoms with Crippen molar-refractivity contribution in [1.29, 1.82) is 0 Å². The lowest BCUT2D eigenvalue weighted by Gasteiger charge is -2.31. The molecule has 138 valence electrons. The number of rotatable bonds is 7. The van der Waals surface area contributed by atoms with Crippen LogP contribution in [0.2, 0.25) is 0 Å². The minimum absolute atomic E-state index is 0.00807. The number of likely N-dealkylation sites (tertiary alicyclic amines) is 1. The van der Waals surface area contributed by atoms with Crippen LogP contribution in [0.3, 0.4) is 0 Å². The van der Waals surface area contributed by atoms with E-state index in [0.717, 1.165) is 12.0 Å². The van der Waals surface area contributed by atoms with E-state index in [9.17, 15) is 9.59 Å². The molecule has 0 aromatic heterocycles. The quantitative estimate of drug-likeness (QED) is 0.820. The summed E-state index contributed by atoms with van der Waals surface area (Å²) in [5.41, 5.74) is 1.07. The Labute approximate surface area is 149 Å². The summed E-state index contributed by atoms with van der Waals surface area (Å²) in [6.45, 7) is 5.88. The molecular weight excluding hydrogens is 320 g/mol. The van der Waals surface area contributed by atoms with E-state index in [1.165, 1.54) is 0 Å². The first kappa shape index (κ1) is 19.1. The molecule has 1 N–H and O–H groups in total. The molecular formula is C19H28N2O4. The normalized spacial score (nSPS) is 14.9. The molecule has 2 rings (SSSR count). The van der Waals surface area contributed by atoms with Crippen LogP contribution in [0.4, 0.5) is 0 Å². The first-order chi connectivity index (χ1) is 12.0. The average molecular weight is 348 g/mol. The van der Waals surface area contributed by atoms with Crippen molar-refractivity contribution >= 4 is 11.8 Å². The highest BCUT2D eigenvalue weighted by Crippen LogP contribution is 2.28. The molecule has 1 aliphatic heterocycles. The van der Waals surface area contributed by atoms with Crippen molar-refractivity contribution in [3.8, 4) is 11.5 Å². The Morgan fingerprint density at radius 2 is 1.96 bits per heavy atom. The largest absolute Gasteiger partial charge is 0.493 e. The highest BCUT2D eigenvalue weighted by Gasteiger charge is 2.27. The second-order valence-corrected chi connectivity index (χ2v) is 6.39. The molecule has 1 aromatic rings. The summed E-state index contributed by atoms with van der Waals surface area (Å²) in [4.78, 5) is 26.1. The fraction of sp³-hybridized carbons (Fsp3) is 0.579. The van der Waals surface area contributed by atoms with Crippen LogP contribution in [-0.2, 0) is 9.59 Å². The minimum Gasteiger partial charge on any atom is -0.493 e. The molecule has 25 heavy (non-hydrogen) atoms. The maximum absolute atomic E-state index is 12.3. The van der Waals surface area contributed by atoms with Crippen LogP contribution in [0.5, 0.6) is 11.5 Å². The first-order valence-electron chi connectivity index (χ1n) is 8.88. The molecule has 6 heteroatoms. The van der Waals surface area contributed by atoms with E-state index in [4.69, 9.17) is 9.47 Å². The zero-order valence-corrected chi connectivity index (χ0v) is 15.3. The van der Waals surface area contributed by atoms with Gasteiger partial charge >= 0.3 is 0 Å². The molecule has 0 unspecified atom stereocenters. The van der Waals surface area contributed by atoms with E-state index in [1.54, 1.807) is 12.0 Å². The number of hydrogen-bond acceptors (Lipinski definition) is 4. The number of piperidine rings is 1. The van der Waals surface area contributed by atoms with Gasteiger partial charge in [-0.3, -0.25) is 9.59 Å². The highest BCUT2D eigenvalue weighted by atomic mass is 16.5. The van der Waals surface area contributed by atoms with Crippen molar-refractivity contribution in [3.05, 3.63) is 23.8 Å². The van der Waals surface area contributed by atoms with Gasteiger partial charge in [0.1, 0.15) is 0 Å². The number of carbonyl (C=O) groups excluding carboxylic acids is 2. The van der Waals surface area contributed by atoms with Gasteiger partial charge in [-0.15, -0.1) is 0 Å². The summed E-state index contributed by atoms with van der Waals surface area (Å²) in [7, 11) is 1.58. The predicted molar refractivity (Wildman–Crippen MR) is 95.8 cm³/mol. The number of nitrogens with one attached hydrogen (secondary N) is 1. The fourth-order valence-electron chi connectivity index (χ4n) is 2.91. The van der Waals surface area contributed by atoms with Gasteiger partial charge in [-0.1, -0.05) is 13.0 Å². The van der Waals surface area contributed by atoms with Gasteiger partial charge in [0.25, 0.3) is 5.91 Å². The van der Waals surface area contributed by atoms with Crippen molar-refractivity contribution in [3.63, 3.8) is 0 Å². The van der Waals surface area contributed by atoms with Crippen molar-refractivity contribution in [2.75, 3.05) is 33.4 Å². The van der Waals surface area contributed by atoms with Gasteiger partial charge in [0.15, 0.2) is 18.1 Å². The Kier molecular flexibility index (Phi) is 7.10. The van der Waals surface area contributed by atoms with Crippen LogP contribution in [0.1, 0.15) is 31.7 Å². The van der Waals surface area contributed by atoms with E-state index >= 15 is 0 Å². The molecule has 2 amide bonds. The van der Waals surface area contributed by atoms with Gasteiger partial charge in [0, 0.05) is 25.6 Å². The predicted octanol–water partition coefficient (Wildman–Crippen LogP) is 2.15. The third kappa shape index (κ3) is 5.37. The van der Waals surface area contributed by atoms with Crippen molar-refractivity contribution in [2.24, 2.45) is 5.92 Å². The summed E-state index contributed by atoms with van der Waals surface area (Å²) >= 11 is 0. The summed E-state index contributed by atoms with van der Waals surface area (Å²) in [6, 6.07) is 5.61. The SMILES string of the molecule is CCCNC(=O)C1CCN(C(=O)COc2ccc(C)cc2OC)CC1. The molecule has 1 heterocycles. The van der Waals surface area contributed by atoms with Gasteiger partial charge in [-0.05, 0) is 43.9 Å². The Balaban J connectivity index is 1.80. The number of benzene rings is 1. The third-order valence-electron chi connectivity index (χ3n) is 4.44. The van der Waals surface area contributed by atoms with E-state index in [1.807, 2.05) is 32.0 Å². The van der Waals surface area contributed by atoms with Crippen LogP contribution in [0.25, 0.3) is 0 Å². The molecule has 0 atom stereocenters. The molecule has 0 bridgehead atoms. The van der Waals surface area contributed by atoms with Crippen molar-refractivity contribution in [1.82, 2.24) is 10.2 Å². The Morgan fingerprint density at radius 1 is 1.24 bits per heavy atom. The molecule has 0 spiro atoms. The number of ether oxygens (including phenoxy) is 2. The van der Waals surface area contributed by atoms with Gasteiger partial charge in [-0.25, -0.2) is 0 Å². The smallest absolute Gasteiger partial charge is 0.260 e. The maximum atomic E-state index is 12.3. The topological polar surface area (TPSA) is 67.9 Å². The van der Waals surface area contributed by atoms with Gasteiger partial charge in [0.05, 0.1) is 7.11 Å². The zero-order chi connectivity index (χ0) is 18.2. The van der Waals surface area contributed by atoms with Gasteiger partial charge in [-0.2, -0.15) is 0 Å². The van der Waals surface area contributed by atoms with Crippen LogP contribution < -0.4 is 14.8 Å². The summed E-state index contributed by atoms with van der Waals surface area (Å²) < 4.78 is 10.9. The zero-order valence-electron chi connectivity index (χ0n) is 15.3. The van der Waals surface area contributed by atoms with Crippen LogP contribution >= 0.6 is 0 Å². The number of nitrogens with zero attached hydrogens (tertiary/aromatic N) is 1. The van der Waals surface area contributed by atoms with E-state index < -0.39 is 0 Å². The molecule has 6 nitrogen and oxygen atoms in total. The molecule has 1 aromatic carbocycles. The number of amides is 2. The second kappa shape index (κ2) is 9.30. The number of methoxy groups -OCH3 is 1. The average Bonchev–Trinajstić information content (AvgIpc) is 2.64. The summed E-state index contributed by atoms with van der Waals surface area (Å²) in [5.74, 6) is 1.24. The van der Waals surface area contributed by atoms with Crippen LogP contribution in [0, 0.1) is 12.8 Å². The van der Waals surface area contributed by atoms with E-state index in [-0.39, 0.29) is 24.3 Å². The molecule has 0 radical (unpaired) electrons. The van der Waals surface area contributed by atoms with E-state index in [2.05, 4.69) is 5.32 Å². The van der Waals surface area contributed by atoms with E-state index in [0.29, 0.717) is 44.0 Å². The molecule has 1 saturated heterocycles. The highest BCUT2D eigenvalue weighted by molar-refractivity contribution is 5.80. The Bertz CT molecular complexity index is 595. The van der Waals surface area contributed by atoms with Crippen LogP contribution in [0.15, 0.2) is 18.2 Å². The standard InChI is InChI=1S/C19H28N2O4/c1-4-9-20-19(23)15-7-10-21(11-8-15)18(22)13-25-16-6-5-14(2)12-17(16)24-3/h5-6,12,15H,4,7-11,13H2,1-3H3,(H,20,23). The second-order valence-electron chi connectivity index (χ2n) is 6.39. The number of aryl methyl sites for hydroxylation is 1. The summed E-state index contributed by atoms with van der Waals surface area (Å²) in [6.07, 6.45) is 2.34. The molecule has 0 saturated carbocycles. The minimum atomic E-state index is -0.0601. The fourth-order valence-corrected chi connectivity index (χ4v) is 2.91. The molecule has 1 fully saturated rings. The maximum Gasteiger partial charge on any atom is 0.260 e. The van der Waals surface area contributed by atoms with Gasteiger partial charge < -0.3 is 19.7 Å². The lowest BCUT2D eigenvalue weighted by atomic mass is 9.96. The third-order valence-corrected chi connectivity index (χ3v) is 4.44. The lowest BCUT2D eigenvalue weighted by molar-refractivity contribution is -0.137.